The zero-order chi connectivity index (χ0) is 25.1. The first-order valence-corrected chi connectivity index (χ1v) is 12.1. The first-order valence-electron chi connectivity index (χ1n) is 12.1. The Labute approximate surface area is 200 Å². The average molecular weight is 482 g/mol. The summed E-state index contributed by atoms with van der Waals surface area (Å²) in [6, 6.07) is -1.73. The van der Waals surface area contributed by atoms with Gasteiger partial charge in [0.1, 0.15) is 18.1 Å². The topological polar surface area (TPSA) is 166 Å². The van der Waals surface area contributed by atoms with Crippen LogP contribution in [0.1, 0.15) is 58.8 Å². The van der Waals surface area contributed by atoms with Crippen LogP contribution in [0.15, 0.2) is 0 Å². The number of rotatable bonds is 12. The fraction of sp³-hybridized carbons (Fsp3) is 0.773. The number of hydrogen-bond acceptors (Lipinski definition) is 7. The second-order valence-electron chi connectivity index (χ2n) is 8.83. The normalized spacial score (nSPS) is 20.7. The van der Waals surface area contributed by atoms with Crippen LogP contribution in [0.4, 0.5) is 0 Å². The van der Waals surface area contributed by atoms with Crippen molar-refractivity contribution >= 4 is 29.5 Å². The molecule has 2 aliphatic heterocycles. The molecule has 12 heteroatoms. The molecule has 0 spiro atoms. The summed E-state index contributed by atoms with van der Waals surface area (Å²) in [6.07, 6.45) is 4.40. The molecule has 5 amide bonds. The minimum absolute atomic E-state index is 0.0994. The Kier molecular flexibility index (Phi) is 11.2. The number of nitrogens with two attached hydrogens (primary N) is 1. The van der Waals surface area contributed by atoms with E-state index in [-0.39, 0.29) is 29.5 Å². The summed E-state index contributed by atoms with van der Waals surface area (Å²) in [5.74, 6) is 4.18. The molecule has 0 radical (unpaired) electrons. The molecule has 34 heavy (non-hydrogen) atoms. The predicted octanol–water partition coefficient (Wildman–Crippen LogP) is -1.64. The highest BCUT2D eigenvalue weighted by Crippen LogP contribution is 2.18. The number of carbonyl (C=O) groups excluding carboxylic acids is 5. The molecular weight excluding hydrogens is 442 g/mol. The summed E-state index contributed by atoms with van der Waals surface area (Å²) in [7, 11) is 0. The third-order valence-electron chi connectivity index (χ3n) is 6.34. The van der Waals surface area contributed by atoms with Gasteiger partial charge in [0.2, 0.25) is 29.5 Å². The molecule has 0 bridgehead atoms. The van der Waals surface area contributed by atoms with Gasteiger partial charge in [0.15, 0.2) is 0 Å². The largest absolute Gasteiger partial charge is 0.354 e. The first-order chi connectivity index (χ1) is 16.3. The average Bonchev–Trinajstić information content (AvgIpc) is 3.48. The second kappa shape index (κ2) is 13.9. The maximum atomic E-state index is 12.8. The summed E-state index contributed by atoms with van der Waals surface area (Å²) >= 11 is 0. The molecule has 0 saturated carbocycles. The van der Waals surface area contributed by atoms with Crippen LogP contribution in [-0.4, -0.2) is 90.2 Å². The number of carbonyl (C=O) groups is 5. The van der Waals surface area contributed by atoms with Gasteiger partial charge >= 0.3 is 0 Å². The molecule has 12 nitrogen and oxygen atoms in total. The van der Waals surface area contributed by atoms with Crippen LogP contribution in [-0.2, 0) is 24.0 Å². The van der Waals surface area contributed by atoms with Gasteiger partial charge in [-0.2, -0.15) is 0 Å². The number of unbranched alkanes of at least 4 members (excludes halogenated alkanes) is 1. The molecule has 3 atom stereocenters. The molecule has 0 aliphatic carbocycles. The van der Waals surface area contributed by atoms with Crippen molar-refractivity contribution < 1.29 is 24.0 Å². The van der Waals surface area contributed by atoms with Gasteiger partial charge in [0, 0.05) is 46.6 Å². The third kappa shape index (κ3) is 7.94. The van der Waals surface area contributed by atoms with E-state index < -0.39 is 18.1 Å². The summed E-state index contributed by atoms with van der Waals surface area (Å²) < 4.78 is 0. The highest BCUT2D eigenvalue weighted by Gasteiger charge is 2.34. The van der Waals surface area contributed by atoms with Crippen LogP contribution >= 0.6 is 0 Å². The van der Waals surface area contributed by atoms with E-state index in [4.69, 9.17) is 5.84 Å². The van der Waals surface area contributed by atoms with Gasteiger partial charge in [0.25, 0.3) is 0 Å². The highest BCUT2D eigenvalue weighted by molar-refractivity contribution is 5.92. The fourth-order valence-corrected chi connectivity index (χ4v) is 4.55. The summed E-state index contributed by atoms with van der Waals surface area (Å²) in [6.45, 7) is 5.16. The molecule has 2 fully saturated rings. The summed E-state index contributed by atoms with van der Waals surface area (Å²) in [5.41, 5.74) is 2.46. The van der Waals surface area contributed by atoms with E-state index in [0.717, 1.165) is 12.8 Å². The van der Waals surface area contributed by atoms with Crippen LogP contribution in [0.3, 0.4) is 0 Å². The molecule has 2 heterocycles. The molecule has 2 aliphatic rings. The Bertz CT molecular complexity index is 747. The molecule has 0 aromatic carbocycles. The Balaban J connectivity index is 1.83. The van der Waals surface area contributed by atoms with Crippen molar-refractivity contribution in [2.45, 2.75) is 76.9 Å². The molecule has 0 aromatic rings. The quantitative estimate of drug-likeness (QED) is 0.127. The van der Waals surface area contributed by atoms with E-state index in [0.29, 0.717) is 64.8 Å². The molecular formula is C22H39N7O5. The minimum Gasteiger partial charge on any atom is -0.354 e. The first kappa shape index (κ1) is 27.5. The van der Waals surface area contributed by atoms with Crippen molar-refractivity contribution in [3.63, 3.8) is 0 Å². The lowest BCUT2D eigenvalue weighted by Crippen LogP contribution is -2.53. The predicted molar refractivity (Wildman–Crippen MR) is 125 cm³/mol. The Morgan fingerprint density at radius 3 is 1.97 bits per heavy atom. The zero-order valence-corrected chi connectivity index (χ0v) is 20.2. The van der Waals surface area contributed by atoms with E-state index in [9.17, 15) is 24.0 Å². The summed E-state index contributed by atoms with van der Waals surface area (Å²) in [4.78, 5) is 64.4. The lowest BCUT2D eigenvalue weighted by Gasteiger charge is -2.25. The van der Waals surface area contributed by atoms with E-state index in [1.807, 2.05) is 0 Å². The summed E-state index contributed by atoms with van der Waals surface area (Å²) in [5, 5.41) is 8.42. The number of hydrogen-bond donors (Lipinski definition) is 5. The molecule has 192 valence electrons. The Morgan fingerprint density at radius 1 is 0.824 bits per heavy atom. The third-order valence-corrected chi connectivity index (χ3v) is 6.34. The van der Waals surface area contributed by atoms with Crippen LogP contribution in [0.25, 0.3) is 0 Å². The zero-order valence-electron chi connectivity index (χ0n) is 20.2. The highest BCUT2D eigenvalue weighted by atomic mass is 16.2. The lowest BCUT2D eigenvalue weighted by molar-refractivity contribution is -0.138. The van der Waals surface area contributed by atoms with Crippen molar-refractivity contribution in [1.82, 2.24) is 31.2 Å². The Hall–Kier alpha value is -2.73. The monoisotopic (exact) mass is 481 g/mol. The van der Waals surface area contributed by atoms with Gasteiger partial charge in [-0.3, -0.25) is 35.2 Å². The molecule has 2 rings (SSSR count). The number of nitrogens with one attached hydrogen (secondary N) is 4. The minimum atomic E-state index is -0.751. The van der Waals surface area contributed by atoms with Crippen molar-refractivity contribution in [3.8, 4) is 0 Å². The van der Waals surface area contributed by atoms with Crippen molar-refractivity contribution in [3.05, 3.63) is 0 Å². The fourth-order valence-electron chi connectivity index (χ4n) is 4.55. The van der Waals surface area contributed by atoms with Crippen LogP contribution in [0, 0.1) is 0 Å². The van der Waals surface area contributed by atoms with Crippen LogP contribution < -0.4 is 27.2 Å². The number of nitrogens with zero attached hydrogens (tertiary/aromatic N) is 2. The lowest BCUT2D eigenvalue weighted by atomic mass is 10.1. The van der Waals surface area contributed by atoms with Crippen molar-refractivity contribution in [1.29, 1.82) is 0 Å². The number of amides is 5. The van der Waals surface area contributed by atoms with Gasteiger partial charge in [-0.15, -0.1) is 0 Å². The van der Waals surface area contributed by atoms with Crippen LogP contribution in [0.5, 0.6) is 0 Å². The van der Waals surface area contributed by atoms with Gasteiger partial charge in [-0.05, 0) is 44.9 Å². The second-order valence-corrected chi connectivity index (χ2v) is 8.83. The molecule has 6 N–H and O–H groups in total. The van der Waals surface area contributed by atoms with Gasteiger partial charge in [0.05, 0.1) is 0 Å². The van der Waals surface area contributed by atoms with E-state index in [1.165, 1.54) is 18.7 Å². The van der Waals surface area contributed by atoms with E-state index in [2.05, 4.69) is 21.4 Å². The van der Waals surface area contributed by atoms with Crippen LogP contribution in [0.2, 0.25) is 0 Å². The van der Waals surface area contributed by atoms with Gasteiger partial charge < -0.3 is 25.8 Å². The van der Waals surface area contributed by atoms with Gasteiger partial charge in [-0.25, -0.2) is 0 Å². The SMILES string of the molecule is CC(=O)N1CCCC1C(=O)NCCCCC(NC(=O)C1CCCN1C(C)=O)C(=O)NCCNN. The van der Waals surface area contributed by atoms with Gasteiger partial charge in [-0.1, -0.05) is 0 Å². The standard InChI is InChI=1S/C22H39N7O5/c1-15(30)28-13-5-8-18(28)21(33)24-10-4-3-7-17(20(32)25-11-12-26-23)27-22(34)19-9-6-14-29(19)16(2)31/h17-19,26H,3-14,23H2,1-2H3,(H,24,33)(H,25,32)(H,27,34). The van der Waals surface area contributed by atoms with E-state index >= 15 is 0 Å². The Morgan fingerprint density at radius 2 is 1.41 bits per heavy atom. The smallest absolute Gasteiger partial charge is 0.243 e. The van der Waals surface area contributed by atoms with Crippen molar-refractivity contribution in [2.75, 3.05) is 32.7 Å². The maximum absolute atomic E-state index is 12.8. The number of hydrazine groups is 1. The van der Waals surface area contributed by atoms with E-state index in [1.54, 1.807) is 4.90 Å². The maximum Gasteiger partial charge on any atom is 0.243 e. The van der Waals surface area contributed by atoms with Crippen molar-refractivity contribution in [2.24, 2.45) is 5.84 Å². The molecule has 3 unspecified atom stereocenters. The molecule has 2 saturated heterocycles. The molecule has 0 aromatic heterocycles. The number of likely N-dealkylation sites (tertiary alicyclic amines) is 2.